The molecule has 0 heterocycles. The van der Waals surface area contributed by atoms with Gasteiger partial charge in [-0.15, -0.1) is 0 Å². The summed E-state index contributed by atoms with van der Waals surface area (Å²) in [6.45, 7) is 1.42. The summed E-state index contributed by atoms with van der Waals surface area (Å²) in [6, 6.07) is 18.6. The quantitative estimate of drug-likeness (QED) is 0.401. The van der Waals surface area contributed by atoms with Crippen molar-refractivity contribution in [3.8, 4) is 0 Å². The molecule has 0 radical (unpaired) electrons. The van der Waals surface area contributed by atoms with Gasteiger partial charge in [0.05, 0.1) is 0 Å². The molecule has 2 aromatic carbocycles. The Balaban J connectivity index is 2.07. The van der Waals surface area contributed by atoms with Crippen LogP contribution in [-0.4, -0.2) is 43.9 Å². The number of carbonyl (C=O) groups is 2. The second kappa shape index (κ2) is 11.5. The number of hydrogen-bond donors (Lipinski definition) is 2. The summed E-state index contributed by atoms with van der Waals surface area (Å²) in [5.74, 6) is -0.621. The average molecular weight is 377 g/mol. The fourth-order valence-corrected chi connectivity index (χ4v) is 2.47. The molecule has 0 bridgehead atoms. The van der Waals surface area contributed by atoms with Crippen LogP contribution in [0.25, 0.3) is 6.08 Å². The Hall–Kier alpha value is -3.18. The largest absolute Gasteiger partial charge is 0.351 e. The molecule has 0 spiro atoms. The van der Waals surface area contributed by atoms with E-state index in [1.54, 1.807) is 36.4 Å². The minimum absolute atomic E-state index is 0.214. The maximum atomic E-state index is 12.6. The summed E-state index contributed by atoms with van der Waals surface area (Å²) in [6.07, 6.45) is 6.09. The first-order chi connectivity index (χ1) is 13.6. The fraction of sp³-hybridized carbons (Fsp3) is 0.217. The van der Waals surface area contributed by atoms with Gasteiger partial charge in [0.2, 0.25) is 0 Å². The van der Waals surface area contributed by atoms with Gasteiger partial charge < -0.3 is 15.5 Å². The van der Waals surface area contributed by atoms with Crippen molar-refractivity contribution in [2.24, 2.45) is 0 Å². The van der Waals surface area contributed by atoms with Gasteiger partial charge in [-0.25, -0.2) is 0 Å². The van der Waals surface area contributed by atoms with Crippen molar-refractivity contribution in [3.63, 3.8) is 0 Å². The van der Waals surface area contributed by atoms with Gasteiger partial charge in [0, 0.05) is 12.1 Å². The number of nitrogens with zero attached hydrogens (tertiary/aromatic N) is 1. The third-order valence-corrected chi connectivity index (χ3v) is 3.95. The second-order valence-electron chi connectivity index (χ2n) is 6.58. The number of benzene rings is 2. The molecule has 0 unspecified atom stereocenters. The zero-order valence-corrected chi connectivity index (χ0v) is 16.4. The molecule has 0 fully saturated rings. The van der Waals surface area contributed by atoms with Crippen molar-refractivity contribution in [1.82, 2.24) is 15.5 Å². The smallest absolute Gasteiger partial charge is 0.267 e. The Morgan fingerprint density at radius 2 is 1.61 bits per heavy atom. The summed E-state index contributed by atoms with van der Waals surface area (Å²) in [5, 5.41) is 5.58. The zero-order valence-electron chi connectivity index (χ0n) is 16.4. The molecule has 2 amide bonds. The van der Waals surface area contributed by atoms with Gasteiger partial charge in [-0.2, -0.15) is 0 Å². The van der Waals surface area contributed by atoms with E-state index in [2.05, 4.69) is 15.5 Å². The van der Waals surface area contributed by atoms with Crippen LogP contribution in [0.15, 0.2) is 78.5 Å². The van der Waals surface area contributed by atoms with Crippen LogP contribution in [0, 0.1) is 0 Å². The van der Waals surface area contributed by atoms with E-state index < -0.39 is 0 Å². The monoisotopic (exact) mass is 377 g/mol. The van der Waals surface area contributed by atoms with Gasteiger partial charge in [-0.1, -0.05) is 60.7 Å². The summed E-state index contributed by atoms with van der Waals surface area (Å²) in [4.78, 5) is 27.1. The molecule has 0 atom stereocenters. The van der Waals surface area contributed by atoms with Crippen molar-refractivity contribution < 1.29 is 9.59 Å². The van der Waals surface area contributed by atoms with Gasteiger partial charge in [0.15, 0.2) is 0 Å². The standard InChI is InChI=1S/C23H27N3O2/c1-26(2)18-10-17-24-23(28)21(16-9-13-19-11-5-3-6-12-19)25-22(27)20-14-7-4-8-15-20/h3-9,11-16H,10,17-18H2,1-2H3,(H,24,28)(H,25,27)/b13-9-,21-16+. The third kappa shape index (κ3) is 7.60. The van der Waals surface area contributed by atoms with Crippen LogP contribution in [0.2, 0.25) is 0 Å². The predicted octanol–water partition coefficient (Wildman–Crippen LogP) is 3.08. The lowest BCUT2D eigenvalue weighted by atomic mass is 10.2. The third-order valence-electron chi connectivity index (χ3n) is 3.95. The van der Waals surface area contributed by atoms with Crippen molar-refractivity contribution in [1.29, 1.82) is 0 Å². The number of amides is 2. The molecule has 0 saturated heterocycles. The van der Waals surface area contributed by atoms with Crippen molar-refractivity contribution in [2.75, 3.05) is 27.2 Å². The minimum atomic E-state index is -0.316. The molecule has 5 nitrogen and oxygen atoms in total. The fourth-order valence-electron chi connectivity index (χ4n) is 2.47. The molecular weight excluding hydrogens is 350 g/mol. The molecule has 0 aromatic heterocycles. The van der Waals surface area contributed by atoms with Crippen LogP contribution in [0.5, 0.6) is 0 Å². The number of carbonyl (C=O) groups excluding carboxylic acids is 2. The van der Waals surface area contributed by atoms with E-state index in [1.807, 2.05) is 56.6 Å². The number of hydrogen-bond acceptors (Lipinski definition) is 3. The lowest BCUT2D eigenvalue weighted by Crippen LogP contribution is -2.36. The van der Waals surface area contributed by atoms with Crippen LogP contribution in [0.4, 0.5) is 0 Å². The topological polar surface area (TPSA) is 61.4 Å². The summed E-state index contributed by atoms with van der Waals surface area (Å²) >= 11 is 0. The highest BCUT2D eigenvalue weighted by Crippen LogP contribution is 2.04. The average Bonchev–Trinajstić information content (AvgIpc) is 2.71. The van der Waals surface area contributed by atoms with Crippen LogP contribution in [-0.2, 0) is 4.79 Å². The van der Waals surface area contributed by atoms with E-state index in [0.29, 0.717) is 12.1 Å². The van der Waals surface area contributed by atoms with E-state index in [-0.39, 0.29) is 17.5 Å². The molecule has 146 valence electrons. The van der Waals surface area contributed by atoms with Crippen molar-refractivity contribution in [2.45, 2.75) is 6.42 Å². The van der Waals surface area contributed by atoms with Crippen molar-refractivity contribution in [3.05, 3.63) is 89.6 Å². The molecule has 0 aliphatic rings. The van der Waals surface area contributed by atoms with Crippen LogP contribution in [0.3, 0.4) is 0 Å². The van der Waals surface area contributed by atoms with E-state index >= 15 is 0 Å². The van der Waals surface area contributed by atoms with Gasteiger partial charge in [0.25, 0.3) is 11.8 Å². The maximum absolute atomic E-state index is 12.6. The van der Waals surface area contributed by atoms with Crippen molar-refractivity contribution >= 4 is 17.9 Å². The Labute approximate surface area is 166 Å². The van der Waals surface area contributed by atoms with Crippen LogP contribution in [0.1, 0.15) is 22.3 Å². The first-order valence-electron chi connectivity index (χ1n) is 9.29. The normalized spacial score (nSPS) is 11.6. The van der Waals surface area contributed by atoms with E-state index in [9.17, 15) is 9.59 Å². The van der Waals surface area contributed by atoms with Crippen LogP contribution >= 0.6 is 0 Å². The van der Waals surface area contributed by atoms with Crippen LogP contribution < -0.4 is 10.6 Å². The Bertz CT molecular complexity index is 812. The Morgan fingerprint density at radius 3 is 2.25 bits per heavy atom. The molecule has 5 heteroatoms. The Kier molecular flexibility index (Phi) is 8.69. The molecule has 0 aliphatic carbocycles. The summed E-state index contributed by atoms with van der Waals surface area (Å²) in [5.41, 5.74) is 1.73. The lowest BCUT2D eigenvalue weighted by Gasteiger charge is -2.12. The number of allylic oxidation sites excluding steroid dienone is 2. The molecule has 28 heavy (non-hydrogen) atoms. The van der Waals surface area contributed by atoms with E-state index in [0.717, 1.165) is 18.5 Å². The predicted molar refractivity (Wildman–Crippen MR) is 114 cm³/mol. The summed E-state index contributed by atoms with van der Waals surface area (Å²) in [7, 11) is 3.98. The number of rotatable bonds is 9. The first-order valence-corrected chi connectivity index (χ1v) is 9.29. The SMILES string of the molecule is CN(C)CCCNC(=O)/C(=C\C=C/c1ccccc1)NC(=O)c1ccccc1. The molecule has 2 N–H and O–H groups in total. The van der Waals surface area contributed by atoms with Gasteiger partial charge in [0.1, 0.15) is 5.70 Å². The molecule has 0 saturated carbocycles. The van der Waals surface area contributed by atoms with Gasteiger partial charge in [-0.05, 0) is 50.8 Å². The lowest BCUT2D eigenvalue weighted by molar-refractivity contribution is -0.117. The highest BCUT2D eigenvalue weighted by molar-refractivity contribution is 6.03. The maximum Gasteiger partial charge on any atom is 0.267 e. The molecule has 2 rings (SSSR count). The first kappa shape index (κ1) is 21.1. The highest BCUT2D eigenvalue weighted by Gasteiger charge is 2.13. The summed E-state index contributed by atoms with van der Waals surface area (Å²) < 4.78 is 0. The Morgan fingerprint density at radius 1 is 0.964 bits per heavy atom. The second-order valence-corrected chi connectivity index (χ2v) is 6.58. The molecular formula is C23H27N3O2. The number of nitrogens with one attached hydrogen (secondary N) is 2. The van der Waals surface area contributed by atoms with Gasteiger partial charge in [-0.3, -0.25) is 9.59 Å². The van der Waals surface area contributed by atoms with E-state index in [4.69, 9.17) is 0 Å². The van der Waals surface area contributed by atoms with E-state index in [1.165, 1.54) is 0 Å². The molecule has 2 aromatic rings. The van der Waals surface area contributed by atoms with Gasteiger partial charge >= 0.3 is 0 Å². The highest BCUT2D eigenvalue weighted by atomic mass is 16.2. The zero-order chi connectivity index (χ0) is 20.2. The molecule has 0 aliphatic heterocycles. The minimum Gasteiger partial charge on any atom is -0.351 e.